The molecule has 0 bridgehead atoms. The highest BCUT2D eigenvalue weighted by Gasteiger charge is 2.09. The van der Waals surface area contributed by atoms with Crippen LogP contribution < -0.4 is 19.5 Å². The maximum absolute atomic E-state index is 11.8. The topological polar surface area (TPSA) is 76.7 Å². The van der Waals surface area contributed by atoms with Gasteiger partial charge in [-0.05, 0) is 42.8 Å². The number of sulfonamides is 1. The quantitative estimate of drug-likeness (QED) is 0.761. The minimum Gasteiger partial charge on any atom is -0.497 e. The fourth-order valence-electron chi connectivity index (χ4n) is 2.19. The van der Waals surface area contributed by atoms with Gasteiger partial charge >= 0.3 is 0 Å². The van der Waals surface area contributed by atoms with E-state index in [1.54, 1.807) is 38.5 Å². The molecule has 0 saturated heterocycles. The van der Waals surface area contributed by atoms with Crippen molar-refractivity contribution < 1.29 is 17.9 Å². The van der Waals surface area contributed by atoms with E-state index < -0.39 is 10.0 Å². The van der Waals surface area contributed by atoms with Crippen LogP contribution >= 0.6 is 0 Å². The average Bonchev–Trinajstić information content (AvgIpc) is 2.56. The summed E-state index contributed by atoms with van der Waals surface area (Å²) in [6.07, 6.45) is 0.574. The van der Waals surface area contributed by atoms with E-state index in [0.717, 1.165) is 11.4 Å². The highest BCUT2D eigenvalue weighted by atomic mass is 32.2. The van der Waals surface area contributed by atoms with Crippen LogP contribution in [0.25, 0.3) is 0 Å². The zero-order chi connectivity index (χ0) is 17.6. The fraction of sp³-hybridized carbons (Fsp3) is 0.294. The van der Waals surface area contributed by atoms with Gasteiger partial charge in [-0.2, -0.15) is 0 Å². The van der Waals surface area contributed by atoms with Crippen LogP contribution in [0.1, 0.15) is 13.3 Å². The third-order valence-corrected chi connectivity index (χ3v) is 4.81. The lowest BCUT2D eigenvalue weighted by Crippen LogP contribution is -2.15. The Morgan fingerprint density at radius 3 is 2.21 bits per heavy atom. The van der Waals surface area contributed by atoms with E-state index in [1.807, 2.05) is 25.1 Å². The molecular weight excluding hydrogens is 328 g/mol. The van der Waals surface area contributed by atoms with E-state index >= 15 is 0 Å². The van der Waals surface area contributed by atoms with Crippen LogP contribution in [0, 0.1) is 0 Å². The second-order valence-electron chi connectivity index (χ2n) is 5.19. The molecule has 0 fully saturated rings. The SMILES string of the molecule is CCCS(=O)(=O)Nc1ccc(Nc2cc(OC)ccc2OC)cc1. The molecule has 0 saturated carbocycles. The van der Waals surface area contributed by atoms with E-state index in [4.69, 9.17) is 9.47 Å². The molecule has 0 heterocycles. The summed E-state index contributed by atoms with van der Waals surface area (Å²) in [7, 11) is -0.0872. The molecule has 0 radical (unpaired) electrons. The Morgan fingerprint density at radius 2 is 1.62 bits per heavy atom. The third kappa shape index (κ3) is 4.79. The van der Waals surface area contributed by atoms with E-state index in [2.05, 4.69) is 10.0 Å². The van der Waals surface area contributed by atoms with Gasteiger partial charge in [0.2, 0.25) is 10.0 Å². The fourth-order valence-corrected chi connectivity index (χ4v) is 3.32. The van der Waals surface area contributed by atoms with Crippen LogP contribution in [0.15, 0.2) is 42.5 Å². The van der Waals surface area contributed by atoms with Gasteiger partial charge in [-0.1, -0.05) is 6.92 Å². The van der Waals surface area contributed by atoms with Gasteiger partial charge < -0.3 is 14.8 Å². The Bertz CT molecular complexity index is 774. The maximum atomic E-state index is 11.8. The molecule has 24 heavy (non-hydrogen) atoms. The Hall–Kier alpha value is -2.41. The maximum Gasteiger partial charge on any atom is 0.232 e. The summed E-state index contributed by atoms with van der Waals surface area (Å²) >= 11 is 0. The second-order valence-corrected chi connectivity index (χ2v) is 7.03. The molecule has 0 aliphatic heterocycles. The predicted octanol–water partition coefficient (Wildman–Crippen LogP) is 3.60. The van der Waals surface area contributed by atoms with Crippen molar-refractivity contribution in [1.82, 2.24) is 0 Å². The van der Waals surface area contributed by atoms with Gasteiger partial charge in [-0.25, -0.2) is 8.42 Å². The van der Waals surface area contributed by atoms with Crippen LogP contribution in [0.3, 0.4) is 0 Å². The number of hydrogen-bond acceptors (Lipinski definition) is 5. The minimum atomic E-state index is -3.28. The van der Waals surface area contributed by atoms with Crippen molar-refractivity contribution in [2.75, 3.05) is 30.0 Å². The molecule has 0 aromatic heterocycles. The lowest BCUT2D eigenvalue weighted by molar-refractivity contribution is 0.405. The number of benzene rings is 2. The summed E-state index contributed by atoms with van der Waals surface area (Å²) in [6.45, 7) is 1.83. The molecule has 0 unspecified atom stereocenters. The summed E-state index contributed by atoms with van der Waals surface area (Å²) in [4.78, 5) is 0. The number of methoxy groups -OCH3 is 2. The molecule has 0 aliphatic rings. The molecule has 130 valence electrons. The molecule has 0 amide bonds. The van der Waals surface area contributed by atoms with Crippen LogP contribution in [-0.2, 0) is 10.0 Å². The summed E-state index contributed by atoms with van der Waals surface area (Å²) in [5.74, 6) is 1.50. The molecule has 2 aromatic carbocycles. The van der Waals surface area contributed by atoms with Crippen LogP contribution in [0.4, 0.5) is 17.1 Å². The molecule has 0 spiro atoms. The largest absolute Gasteiger partial charge is 0.497 e. The van der Waals surface area contributed by atoms with Gasteiger partial charge in [-0.3, -0.25) is 4.72 Å². The lowest BCUT2D eigenvalue weighted by Gasteiger charge is -2.13. The number of hydrogen-bond donors (Lipinski definition) is 2. The third-order valence-electron chi connectivity index (χ3n) is 3.32. The van der Waals surface area contributed by atoms with Crippen LogP contribution in [-0.4, -0.2) is 28.4 Å². The Balaban J connectivity index is 2.15. The van der Waals surface area contributed by atoms with E-state index in [1.165, 1.54) is 0 Å². The lowest BCUT2D eigenvalue weighted by atomic mass is 10.2. The van der Waals surface area contributed by atoms with Crippen molar-refractivity contribution in [3.05, 3.63) is 42.5 Å². The molecule has 6 nitrogen and oxygen atoms in total. The van der Waals surface area contributed by atoms with Gasteiger partial charge in [0.05, 0.1) is 25.7 Å². The van der Waals surface area contributed by atoms with E-state index in [9.17, 15) is 8.42 Å². The normalized spacial score (nSPS) is 11.0. The van der Waals surface area contributed by atoms with Gasteiger partial charge in [0.15, 0.2) is 0 Å². The van der Waals surface area contributed by atoms with Crippen molar-refractivity contribution in [2.45, 2.75) is 13.3 Å². The molecule has 2 rings (SSSR count). The number of anilines is 3. The van der Waals surface area contributed by atoms with Gasteiger partial charge in [0.25, 0.3) is 0 Å². The zero-order valence-electron chi connectivity index (χ0n) is 14.0. The van der Waals surface area contributed by atoms with Crippen LogP contribution in [0.5, 0.6) is 11.5 Å². The van der Waals surface area contributed by atoms with Gasteiger partial charge in [-0.15, -0.1) is 0 Å². The van der Waals surface area contributed by atoms with E-state index in [0.29, 0.717) is 23.6 Å². The van der Waals surface area contributed by atoms with Crippen LogP contribution in [0.2, 0.25) is 0 Å². The Morgan fingerprint density at radius 1 is 0.958 bits per heavy atom. The summed E-state index contributed by atoms with van der Waals surface area (Å²) in [5.41, 5.74) is 2.10. The number of nitrogens with one attached hydrogen (secondary N) is 2. The van der Waals surface area contributed by atoms with Gasteiger partial charge in [0.1, 0.15) is 11.5 Å². The summed E-state index contributed by atoms with van der Waals surface area (Å²) in [5, 5.41) is 3.23. The number of ether oxygens (including phenoxy) is 2. The molecule has 2 aromatic rings. The molecule has 0 aliphatic carbocycles. The van der Waals surface area contributed by atoms with Crippen molar-refractivity contribution in [1.29, 1.82) is 0 Å². The first-order valence-corrected chi connectivity index (χ1v) is 9.22. The monoisotopic (exact) mass is 350 g/mol. The number of rotatable bonds is 8. The minimum absolute atomic E-state index is 0.105. The standard InChI is InChI=1S/C17H22N2O4S/c1-4-11-24(20,21)19-14-7-5-13(6-8-14)18-16-12-15(22-2)9-10-17(16)23-3/h5-10,12,18-19H,4,11H2,1-3H3. The van der Waals surface area contributed by atoms with Gasteiger partial charge in [0, 0.05) is 17.4 Å². The summed E-state index contributed by atoms with van der Waals surface area (Å²) < 4.78 is 36.6. The van der Waals surface area contributed by atoms with Crippen molar-refractivity contribution >= 4 is 27.1 Å². The highest BCUT2D eigenvalue weighted by molar-refractivity contribution is 7.92. The Labute approximate surface area is 142 Å². The predicted molar refractivity (Wildman–Crippen MR) is 97.0 cm³/mol. The highest BCUT2D eigenvalue weighted by Crippen LogP contribution is 2.31. The first-order valence-electron chi connectivity index (χ1n) is 7.57. The first-order chi connectivity index (χ1) is 11.5. The molecule has 0 atom stereocenters. The zero-order valence-corrected chi connectivity index (χ0v) is 14.8. The molecular formula is C17H22N2O4S. The van der Waals surface area contributed by atoms with E-state index in [-0.39, 0.29) is 5.75 Å². The molecule has 2 N–H and O–H groups in total. The second kappa shape index (κ2) is 7.92. The first kappa shape index (κ1) is 17.9. The van der Waals surface area contributed by atoms with Crippen molar-refractivity contribution in [3.63, 3.8) is 0 Å². The average molecular weight is 350 g/mol. The van der Waals surface area contributed by atoms with Crippen molar-refractivity contribution in [3.8, 4) is 11.5 Å². The van der Waals surface area contributed by atoms with Crippen molar-refractivity contribution in [2.24, 2.45) is 0 Å². The smallest absolute Gasteiger partial charge is 0.232 e. The summed E-state index contributed by atoms with van der Waals surface area (Å²) in [6, 6.07) is 12.5. The Kier molecular flexibility index (Phi) is 5.92. The molecule has 7 heteroatoms.